The number of nitrogens with one attached hydrogen (secondary N) is 1. The number of piperazine rings is 1. The normalized spacial score (nSPS) is 23.3. The van der Waals surface area contributed by atoms with Crippen molar-refractivity contribution in [3.8, 4) is 0 Å². The summed E-state index contributed by atoms with van der Waals surface area (Å²) in [5.41, 5.74) is 0.755. The third-order valence-electron chi connectivity index (χ3n) is 4.66. The average molecular weight is 322 g/mol. The van der Waals surface area contributed by atoms with E-state index in [1.807, 2.05) is 25.7 Å². The molecule has 2 heterocycles. The molecule has 0 aromatic carbocycles. The molecule has 130 valence electrons. The van der Waals surface area contributed by atoms with E-state index < -0.39 is 5.60 Å². The number of aliphatic hydroxyl groups is 1. The number of aryl methyl sites for hydroxylation is 1. The summed E-state index contributed by atoms with van der Waals surface area (Å²) in [6.07, 6.45) is 3.48. The molecular weight excluding hydrogens is 292 g/mol. The van der Waals surface area contributed by atoms with Gasteiger partial charge >= 0.3 is 0 Å². The van der Waals surface area contributed by atoms with Crippen molar-refractivity contribution in [1.29, 1.82) is 0 Å². The lowest BCUT2D eigenvalue weighted by Gasteiger charge is -2.47. The number of β-amino-alcohol motifs (C(OH)–C–C–N with tert-alkyl or cyclic N) is 1. The summed E-state index contributed by atoms with van der Waals surface area (Å²) in [7, 11) is 0. The van der Waals surface area contributed by atoms with E-state index in [9.17, 15) is 9.90 Å². The fraction of sp³-hybridized carbons (Fsp3) is 0.765. The number of aromatic amines is 1. The van der Waals surface area contributed by atoms with Gasteiger partial charge in [-0.25, -0.2) is 0 Å². The highest BCUT2D eigenvalue weighted by Gasteiger charge is 2.37. The molecule has 2 rings (SSSR count). The van der Waals surface area contributed by atoms with Gasteiger partial charge in [0.05, 0.1) is 17.4 Å². The number of aromatic nitrogens is 2. The molecule has 1 amide bonds. The molecule has 1 aliphatic heterocycles. The van der Waals surface area contributed by atoms with Gasteiger partial charge in [-0.3, -0.25) is 14.8 Å². The second-order valence-corrected chi connectivity index (χ2v) is 7.23. The molecule has 0 saturated carbocycles. The van der Waals surface area contributed by atoms with Crippen LogP contribution in [0.1, 0.15) is 56.6 Å². The minimum atomic E-state index is -0.723. The predicted molar refractivity (Wildman–Crippen MR) is 90.4 cm³/mol. The molecule has 6 nitrogen and oxygen atoms in total. The predicted octanol–water partition coefficient (Wildman–Crippen LogP) is 1.80. The van der Waals surface area contributed by atoms with Crippen molar-refractivity contribution in [2.24, 2.45) is 0 Å². The molecule has 23 heavy (non-hydrogen) atoms. The van der Waals surface area contributed by atoms with Crippen molar-refractivity contribution in [3.63, 3.8) is 0 Å². The molecule has 1 aromatic heterocycles. The Morgan fingerprint density at radius 3 is 2.48 bits per heavy atom. The molecule has 1 fully saturated rings. The lowest BCUT2D eigenvalue weighted by atomic mass is 9.98. The molecule has 0 bridgehead atoms. The Bertz CT molecular complexity index is 535. The zero-order valence-corrected chi connectivity index (χ0v) is 15.0. The molecule has 0 unspecified atom stereocenters. The summed E-state index contributed by atoms with van der Waals surface area (Å²) in [6.45, 7) is 12.0. The Morgan fingerprint density at radius 2 is 2.00 bits per heavy atom. The number of nitrogens with zero attached hydrogens (tertiary/aromatic N) is 3. The Hall–Kier alpha value is -1.40. The van der Waals surface area contributed by atoms with E-state index in [1.165, 1.54) is 0 Å². The SMILES string of the molecule is CC[C@@H]1CN(C(=O)c2cn[nH]c2C)[C@H](CC)CN1CC(C)(C)O. The van der Waals surface area contributed by atoms with E-state index in [0.717, 1.165) is 25.1 Å². The van der Waals surface area contributed by atoms with Gasteiger partial charge < -0.3 is 10.0 Å². The molecule has 0 radical (unpaired) electrons. The Balaban J connectivity index is 2.19. The van der Waals surface area contributed by atoms with Crippen molar-refractivity contribution < 1.29 is 9.90 Å². The zero-order chi connectivity index (χ0) is 17.2. The molecule has 2 atom stereocenters. The van der Waals surface area contributed by atoms with Crippen molar-refractivity contribution >= 4 is 5.91 Å². The van der Waals surface area contributed by atoms with Gasteiger partial charge in [0.25, 0.3) is 5.91 Å². The lowest BCUT2D eigenvalue weighted by Crippen LogP contribution is -2.61. The summed E-state index contributed by atoms with van der Waals surface area (Å²) in [4.78, 5) is 17.2. The van der Waals surface area contributed by atoms with Crippen molar-refractivity contribution in [2.75, 3.05) is 19.6 Å². The third kappa shape index (κ3) is 4.12. The summed E-state index contributed by atoms with van der Waals surface area (Å²) in [5, 5.41) is 17.0. The second kappa shape index (κ2) is 7.01. The van der Waals surface area contributed by atoms with Gasteiger partial charge in [0, 0.05) is 37.4 Å². The summed E-state index contributed by atoms with van der Waals surface area (Å²) < 4.78 is 0. The van der Waals surface area contributed by atoms with Crippen molar-refractivity contribution in [1.82, 2.24) is 20.0 Å². The van der Waals surface area contributed by atoms with E-state index in [2.05, 4.69) is 28.9 Å². The van der Waals surface area contributed by atoms with E-state index >= 15 is 0 Å². The quantitative estimate of drug-likeness (QED) is 0.867. The van der Waals surface area contributed by atoms with Crippen LogP contribution in [0.25, 0.3) is 0 Å². The molecular formula is C17H30N4O2. The van der Waals surface area contributed by atoms with Crippen LogP contribution in [0.5, 0.6) is 0 Å². The van der Waals surface area contributed by atoms with Gasteiger partial charge in [-0.15, -0.1) is 0 Å². The van der Waals surface area contributed by atoms with Crippen LogP contribution in [0.3, 0.4) is 0 Å². The first-order valence-corrected chi connectivity index (χ1v) is 8.54. The molecule has 1 saturated heterocycles. The number of hydrogen-bond donors (Lipinski definition) is 2. The summed E-state index contributed by atoms with van der Waals surface area (Å²) >= 11 is 0. The standard InChI is InChI=1S/C17H30N4O2/c1-6-13-10-21(16(22)15-8-18-19-12(15)3)14(7-2)9-20(13)11-17(4,5)23/h8,13-14,23H,6-7,9-11H2,1-5H3,(H,18,19)/t13-,14-/m1/s1. The van der Waals surface area contributed by atoms with Crippen LogP contribution >= 0.6 is 0 Å². The highest BCUT2D eigenvalue weighted by atomic mass is 16.3. The van der Waals surface area contributed by atoms with Gasteiger partial charge in [0.2, 0.25) is 0 Å². The molecule has 2 N–H and O–H groups in total. The number of carbonyl (C=O) groups excluding carboxylic acids is 1. The maximum Gasteiger partial charge on any atom is 0.257 e. The number of H-pyrrole nitrogens is 1. The van der Waals surface area contributed by atoms with Gasteiger partial charge in [-0.1, -0.05) is 13.8 Å². The number of carbonyl (C=O) groups is 1. The molecule has 1 aliphatic rings. The lowest BCUT2D eigenvalue weighted by molar-refractivity contribution is -0.0237. The maximum absolute atomic E-state index is 12.9. The molecule has 6 heteroatoms. The number of rotatable bonds is 5. The Labute approximate surface area is 138 Å². The fourth-order valence-corrected chi connectivity index (χ4v) is 3.41. The average Bonchev–Trinajstić information content (AvgIpc) is 2.90. The van der Waals surface area contributed by atoms with E-state index in [-0.39, 0.29) is 18.0 Å². The highest BCUT2D eigenvalue weighted by molar-refractivity contribution is 5.95. The van der Waals surface area contributed by atoms with Crippen LogP contribution in [0.4, 0.5) is 0 Å². The first-order chi connectivity index (χ1) is 10.8. The topological polar surface area (TPSA) is 72.5 Å². The van der Waals surface area contributed by atoms with Gasteiger partial charge in [-0.2, -0.15) is 5.10 Å². The van der Waals surface area contributed by atoms with Gasteiger partial charge in [0.1, 0.15) is 0 Å². The summed E-state index contributed by atoms with van der Waals surface area (Å²) in [6, 6.07) is 0.447. The number of amides is 1. The fourth-order valence-electron chi connectivity index (χ4n) is 3.41. The van der Waals surface area contributed by atoms with E-state index in [1.54, 1.807) is 6.20 Å². The maximum atomic E-state index is 12.9. The minimum Gasteiger partial charge on any atom is -0.389 e. The monoisotopic (exact) mass is 322 g/mol. The van der Waals surface area contributed by atoms with Gasteiger partial charge in [0.15, 0.2) is 0 Å². The van der Waals surface area contributed by atoms with Crippen LogP contribution in [-0.4, -0.2) is 68.3 Å². The Morgan fingerprint density at radius 1 is 1.35 bits per heavy atom. The van der Waals surface area contributed by atoms with Crippen molar-refractivity contribution in [3.05, 3.63) is 17.5 Å². The molecule has 0 aliphatic carbocycles. The first kappa shape index (κ1) is 17.9. The largest absolute Gasteiger partial charge is 0.389 e. The van der Waals surface area contributed by atoms with Gasteiger partial charge in [-0.05, 0) is 33.6 Å². The van der Waals surface area contributed by atoms with Crippen LogP contribution < -0.4 is 0 Å². The third-order valence-corrected chi connectivity index (χ3v) is 4.66. The van der Waals surface area contributed by atoms with Crippen LogP contribution in [0, 0.1) is 6.92 Å². The molecule has 0 spiro atoms. The zero-order valence-electron chi connectivity index (χ0n) is 15.0. The van der Waals surface area contributed by atoms with E-state index in [0.29, 0.717) is 18.7 Å². The first-order valence-electron chi connectivity index (χ1n) is 8.54. The summed E-state index contributed by atoms with van der Waals surface area (Å²) in [5.74, 6) is 0.0597. The van der Waals surface area contributed by atoms with Crippen LogP contribution in [-0.2, 0) is 0 Å². The molecule has 1 aromatic rings. The second-order valence-electron chi connectivity index (χ2n) is 7.23. The Kier molecular flexibility index (Phi) is 5.47. The van der Waals surface area contributed by atoms with Crippen molar-refractivity contribution in [2.45, 2.75) is 65.1 Å². The van der Waals surface area contributed by atoms with Crippen LogP contribution in [0.2, 0.25) is 0 Å². The van der Waals surface area contributed by atoms with E-state index in [4.69, 9.17) is 0 Å². The highest BCUT2D eigenvalue weighted by Crippen LogP contribution is 2.24. The number of hydrogen-bond acceptors (Lipinski definition) is 4. The van der Waals surface area contributed by atoms with Crippen LogP contribution in [0.15, 0.2) is 6.20 Å². The smallest absolute Gasteiger partial charge is 0.257 e. The minimum absolute atomic E-state index is 0.0597.